The van der Waals surface area contributed by atoms with Crippen molar-refractivity contribution in [1.82, 2.24) is 0 Å². The number of thioether (sulfide) groups is 2. The number of amides is 1. The number of benzene rings is 1. The summed E-state index contributed by atoms with van der Waals surface area (Å²) in [6.07, 6.45) is 1.98. The van der Waals surface area contributed by atoms with E-state index in [9.17, 15) is 4.79 Å². The zero-order valence-corrected chi connectivity index (χ0v) is 11.7. The van der Waals surface area contributed by atoms with Crippen molar-refractivity contribution in [2.24, 2.45) is 4.99 Å². The second-order valence-corrected chi connectivity index (χ2v) is 6.42. The van der Waals surface area contributed by atoms with E-state index in [0.29, 0.717) is 6.54 Å². The fourth-order valence-corrected chi connectivity index (χ4v) is 4.15. The van der Waals surface area contributed by atoms with Gasteiger partial charge in [-0.2, -0.15) is 0 Å². The molecule has 0 aliphatic carbocycles. The molecule has 1 aromatic rings. The molecule has 2 aliphatic heterocycles. The van der Waals surface area contributed by atoms with Crippen molar-refractivity contribution in [2.75, 3.05) is 25.2 Å². The standard InChI is InChI=1S/C12H12N2O2S2/c1-16-7-3-4-8-9(5-7)14-10(15)12(8)6-13-11(17-2)18-12/h3-5H,6H2,1-2H3,(H,14,15). The van der Waals surface area contributed by atoms with Crippen LogP contribution in [0.3, 0.4) is 0 Å². The van der Waals surface area contributed by atoms with E-state index in [4.69, 9.17) is 4.74 Å². The highest BCUT2D eigenvalue weighted by atomic mass is 32.2. The monoisotopic (exact) mass is 280 g/mol. The molecular weight excluding hydrogens is 268 g/mol. The number of hydrogen-bond acceptors (Lipinski definition) is 5. The van der Waals surface area contributed by atoms with Gasteiger partial charge in [0.25, 0.3) is 0 Å². The Kier molecular flexibility index (Phi) is 2.79. The van der Waals surface area contributed by atoms with Crippen LogP contribution in [-0.4, -0.2) is 30.2 Å². The van der Waals surface area contributed by atoms with Gasteiger partial charge in [-0.1, -0.05) is 17.8 Å². The van der Waals surface area contributed by atoms with Crippen molar-refractivity contribution in [1.29, 1.82) is 0 Å². The highest BCUT2D eigenvalue weighted by molar-refractivity contribution is 8.39. The molecule has 0 bridgehead atoms. The van der Waals surface area contributed by atoms with E-state index in [1.54, 1.807) is 30.6 Å². The van der Waals surface area contributed by atoms with Gasteiger partial charge in [0.05, 0.1) is 13.7 Å². The number of aliphatic imine (C=N–C) groups is 1. The molecular formula is C12H12N2O2S2. The van der Waals surface area contributed by atoms with Crippen molar-refractivity contribution >= 4 is 39.5 Å². The Labute approximate surface area is 114 Å². The molecule has 0 fully saturated rings. The summed E-state index contributed by atoms with van der Waals surface area (Å²) in [5, 5.41) is 2.93. The van der Waals surface area contributed by atoms with E-state index < -0.39 is 4.75 Å². The normalized spacial score (nSPS) is 25.0. The first kappa shape index (κ1) is 11.9. The maximum absolute atomic E-state index is 12.3. The molecule has 0 radical (unpaired) electrons. The first-order chi connectivity index (χ1) is 8.69. The number of carbonyl (C=O) groups excluding carboxylic acids is 1. The Bertz CT molecular complexity index is 559. The van der Waals surface area contributed by atoms with Gasteiger partial charge in [-0.3, -0.25) is 9.79 Å². The minimum atomic E-state index is -0.569. The Morgan fingerprint density at radius 1 is 1.56 bits per heavy atom. The average Bonchev–Trinajstić information content (AvgIpc) is 2.94. The third-order valence-electron chi connectivity index (χ3n) is 3.14. The summed E-state index contributed by atoms with van der Waals surface area (Å²) < 4.78 is 5.57. The number of anilines is 1. The maximum atomic E-state index is 12.3. The third kappa shape index (κ3) is 1.55. The Morgan fingerprint density at radius 3 is 3.06 bits per heavy atom. The Morgan fingerprint density at radius 2 is 2.39 bits per heavy atom. The van der Waals surface area contributed by atoms with Gasteiger partial charge in [0.15, 0.2) is 0 Å². The number of nitrogens with one attached hydrogen (secondary N) is 1. The van der Waals surface area contributed by atoms with Gasteiger partial charge in [0, 0.05) is 17.3 Å². The van der Waals surface area contributed by atoms with Gasteiger partial charge in [-0.05, 0) is 12.3 Å². The van der Waals surface area contributed by atoms with Gasteiger partial charge in [0.1, 0.15) is 14.9 Å². The van der Waals surface area contributed by atoms with Crippen molar-refractivity contribution < 1.29 is 9.53 Å². The molecule has 4 nitrogen and oxygen atoms in total. The van der Waals surface area contributed by atoms with Crippen molar-refractivity contribution in [3.8, 4) is 5.75 Å². The van der Waals surface area contributed by atoms with Gasteiger partial charge >= 0.3 is 0 Å². The smallest absolute Gasteiger partial charge is 0.247 e. The third-order valence-corrected chi connectivity index (χ3v) is 5.56. The molecule has 1 spiro atoms. The fourth-order valence-electron chi connectivity index (χ4n) is 2.21. The lowest BCUT2D eigenvalue weighted by atomic mass is 10.00. The maximum Gasteiger partial charge on any atom is 0.247 e. The van der Waals surface area contributed by atoms with Crippen LogP contribution >= 0.6 is 23.5 Å². The van der Waals surface area contributed by atoms with Crippen LogP contribution in [-0.2, 0) is 9.54 Å². The number of rotatable bonds is 1. The van der Waals surface area contributed by atoms with Crippen molar-refractivity contribution in [3.63, 3.8) is 0 Å². The summed E-state index contributed by atoms with van der Waals surface area (Å²) in [7, 11) is 1.62. The Balaban J connectivity index is 2.03. The van der Waals surface area contributed by atoms with Crippen molar-refractivity contribution in [2.45, 2.75) is 4.75 Å². The van der Waals surface area contributed by atoms with Crippen LogP contribution in [0.1, 0.15) is 5.56 Å². The minimum absolute atomic E-state index is 0.0172. The van der Waals surface area contributed by atoms with Crippen LogP contribution in [0.2, 0.25) is 0 Å². The molecule has 1 amide bonds. The molecule has 1 N–H and O–H groups in total. The summed E-state index contributed by atoms with van der Waals surface area (Å²) in [5.41, 5.74) is 1.84. The number of hydrogen-bond donors (Lipinski definition) is 1. The predicted molar refractivity (Wildman–Crippen MR) is 76.7 cm³/mol. The van der Waals surface area contributed by atoms with Gasteiger partial charge < -0.3 is 10.1 Å². The lowest BCUT2D eigenvalue weighted by molar-refractivity contribution is -0.117. The molecule has 2 aliphatic rings. The van der Waals surface area contributed by atoms with Crippen LogP contribution in [0.5, 0.6) is 5.75 Å². The SMILES string of the molecule is COc1ccc2c(c1)NC(=O)C21CN=C(SC)S1. The van der Waals surface area contributed by atoms with Crippen LogP contribution in [0.15, 0.2) is 23.2 Å². The quantitative estimate of drug-likeness (QED) is 0.857. The fraction of sp³-hybridized carbons (Fsp3) is 0.333. The number of fused-ring (bicyclic) bond motifs is 2. The molecule has 0 aromatic heterocycles. The molecule has 6 heteroatoms. The van der Waals surface area contributed by atoms with Crippen molar-refractivity contribution in [3.05, 3.63) is 23.8 Å². The van der Waals surface area contributed by atoms with E-state index in [0.717, 1.165) is 21.4 Å². The zero-order chi connectivity index (χ0) is 12.8. The van der Waals surface area contributed by atoms with E-state index in [1.807, 2.05) is 24.5 Å². The van der Waals surface area contributed by atoms with Gasteiger partial charge in [0.2, 0.25) is 5.91 Å². The largest absolute Gasteiger partial charge is 0.497 e. The first-order valence-corrected chi connectivity index (χ1v) is 7.51. The zero-order valence-electron chi connectivity index (χ0n) is 10.0. The van der Waals surface area contributed by atoms with Gasteiger partial charge in [-0.25, -0.2) is 0 Å². The van der Waals surface area contributed by atoms with E-state index in [1.165, 1.54) is 0 Å². The van der Waals surface area contributed by atoms with E-state index >= 15 is 0 Å². The van der Waals surface area contributed by atoms with Crippen LogP contribution in [0, 0.1) is 0 Å². The minimum Gasteiger partial charge on any atom is -0.497 e. The van der Waals surface area contributed by atoms with Crippen LogP contribution in [0.25, 0.3) is 0 Å². The predicted octanol–water partition coefficient (Wildman–Crippen LogP) is 2.31. The van der Waals surface area contributed by atoms with Gasteiger partial charge in [-0.15, -0.1) is 11.8 Å². The molecule has 18 heavy (non-hydrogen) atoms. The molecule has 1 atom stereocenters. The average molecular weight is 280 g/mol. The second-order valence-electron chi connectivity index (χ2n) is 4.08. The molecule has 1 aromatic carbocycles. The summed E-state index contributed by atoms with van der Waals surface area (Å²) in [6.45, 7) is 0.513. The highest BCUT2D eigenvalue weighted by Gasteiger charge is 2.51. The lowest BCUT2D eigenvalue weighted by Crippen LogP contribution is -2.31. The summed E-state index contributed by atoms with van der Waals surface area (Å²) in [6, 6.07) is 5.70. The molecule has 1 unspecified atom stereocenters. The molecule has 2 heterocycles. The van der Waals surface area contributed by atoms with Crippen LogP contribution in [0.4, 0.5) is 5.69 Å². The molecule has 0 saturated carbocycles. The topological polar surface area (TPSA) is 50.7 Å². The van der Waals surface area contributed by atoms with E-state index in [2.05, 4.69) is 10.3 Å². The Hall–Kier alpha value is -1.14. The molecule has 3 rings (SSSR count). The lowest BCUT2D eigenvalue weighted by Gasteiger charge is -2.18. The number of nitrogens with zero attached hydrogens (tertiary/aromatic N) is 1. The number of ether oxygens (including phenoxy) is 1. The summed E-state index contributed by atoms with van der Waals surface area (Å²) in [5.74, 6) is 0.767. The molecule has 94 valence electrons. The first-order valence-electron chi connectivity index (χ1n) is 5.47. The molecule has 0 saturated heterocycles. The highest BCUT2D eigenvalue weighted by Crippen LogP contribution is 2.51. The number of carbonyl (C=O) groups is 1. The summed E-state index contributed by atoms with van der Waals surface area (Å²) in [4.78, 5) is 16.7. The number of methoxy groups -OCH3 is 1. The van der Waals surface area contributed by atoms with E-state index in [-0.39, 0.29) is 5.91 Å². The van der Waals surface area contributed by atoms with Crippen LogP contribution < -0.4 is 10.1 Å². The second kappa shape index (κ2) is 4.20. The summed E-state index contributed by atoms with van der Waals surface area (Å²) >= 11 is 3.13.